The molecular formula is C28H32N6O2. The molecule has 0 bridgehead atoms. The van der Waals surface area contributed by atoms with E-state index >= 15 is 0 Å². The fourth-order valence-electron chi connectivity index (χ4n) is 4.27. The van der Waals surface area contributed by atoms with Gasteiger partial charge in [0.1, 0.15) is 5.60 Å². The Balaban J connectivity index is 1.36. The third kappa shape index (κ3) is 5.33. The highest BCUT2D eigenvalue weighted by Crippen LogP contribution is 2.25. The fourth-order valence-corrected chi connectivity index (χ4v) is 4.27. The number of rotatable bonds is 5. The zero-order valence-corrected chi connectivity index (χ0v) is 21.2. The fraction of sp³-hybridized carbons (Fsp3) is 0.321. The quantitative estimate of drug-likeness (QED) is 0.406. The number of carbonyl (C=O) groups excluding carboxylic acids is 1. The average molecular weight is 485 g/mol. The van der Waals surface area contributed by atoms with Crippen LogP contribution in [-0.2, 0) is 4.74 Å². The lowest BCUT2D eigenvalue weighted by atomic mass is 10.1. The molecular weight excluding hydrogens is 452 g/mol. The van der Waals surface area contributed by atoms with E-state index in [0.717, 1.165) is 48.6 Å². The van der Waals surface area contributed by atoms with Crippen molar-refractivity contribution in [3.05, 3.63) is 72.4 Å². The Kier molecular flexibility index (Phi) is 6.36. The van der Waals surface area contributed by atoms with Crippen LogP contribution in [0.25, 0.3) is 16.8 Å². The number of carbonyl (C=O) groups is 1. The number of aromatic nitrogens is 3. The summed E-state index contributed by atoms with van der Waals surface area (Å²) in [5.74, 6) is 0.151. The van der Waals surface area contributed by atoms with Crippen molar-refractivity contribution in [3.63, 3.8) is 0 Å². The number of anilines is 3. The van der Waals surface area contributed by atoms with Gasteiger partial charge in [-0.05, 0) is 76.3 Å². The molecule has 5 rings (SSSR count). The summed E-state index contributed by atoms with van der Waals surface area (Å²) in [6.45, 7) is 9.81. The number of fused-ring (bicyclic) bond motifs is 1. The Hall–Kier alpha value is -3.91. The van der Waals surface area contributed by atoms with Gasteiger partial charge in [0.25, 0.3) is 0 Å². The van der Waals surface area contributed by atoms with Crippen LogP contribution in [0, 0.1) is 0 Å². The zero-order valence-electron chi connectivity index (χ0n) is 21.2. The van der Waals surface area contributed by atoms with Crippen LogP contribution in [0.4, 0.5) is 17.3 Å². The maximum absolute atomic E-state index is 12.6. The van der Waals surface area contributed by atoms with Gasteiger partial charge in [-0.1, -0.05) is 12.1 Å². The van der Waals surface area contributed by atoms with Crippen LogP contribution in [0.5, 0.6) is 0 Å². The summed E-state index contributed by atoms with van der Waals surface area (Å²) in [6.07, 6.45) is 1.79. The molecule has 1 aliphatic heterocycles. The Morgan fingerprint density at radius 2 is 1.72 bits per heavy atom. The monoisotopic (exact) mass is 484 g/mol. The third-order valence-corrected chi connectivity index (χ3v) is 6.18. The van der Waals surface area contributed by atoms with Crippen molar-refractivity contribution in [2.75, 3.05) is 43.4 Å². The molecule has 0 aliphatic carbocycles. The predicted octanol–water partition coefficient (Wildman–Crippen LogP) is 4.85. The van der Waals surface area contributed by atoms with Crippen LogP contribution >= 0.6 is 0 Å². The van der Waals surface area contributed by atoms with Crippen LogP contribution in [0.15, 0.2) is 66.9 Å². The van der Waals surface area contributed by atoms with Crippen LogP contribution in [0.1, 0.15) is 31.1 Å². The van der Waals surface area contributed by atoms with E-state index in [1.807, 2.05) is 55.6 Å². The van der Waals surface area contributed by atoms with Crippen LogP contribution in [0.2, 0.25) is 0 Å². The van der Waals surface area contributed by atoms with Gasteiger partial charge < -0.3 is 19.9 Å². The van der Waals surface area contributed by atoms with Crippen molar-refractivity contribution >= 4 is 28.8 Å². The van der Waals surface area contributed by atoms with E-state index < -0.39 is 5.60 Å². The lowest BCUT2D eigenvalue weighted by Crippen LogP contribution is -2.44. The van der Waals surface area contributed by atoms with E-state index in [2.05, 4.69) is 51.4 Å². The number of likely N-dealkylation sites (N-methyl/N-ethyl adjacent to an activating group) is 1. The summed E-state index contributed by atoms with van der Waals surface area (Å²) in [4.78, 5) is 21.8. The van der Waals surface area contributed by atoms with Gasteiger partial charge in [-0.2, -0.15) is 0 Å². The molecule has 0 atom stereocenters. The number of hydrogen-bond donors (Lipinski definition) is 1. The van der Waals surface area contributed by atoms with Crippen LogP contribution in [0.3, 0.4) is 0 Å². The average Bonchev–Trinajstić information content (AvgIpc) is 3.27. The molecule has 1 aliphatic rings. The molecule has 186 valence electrons. The van der Waals surface area contributed by atoms with E-state index in [0.29, 0.717) is 11.5 Å². The smallest absolute Gasteiger partial charge is 0.338 e. The van der Waals surface area contributed by atoms with Gasteiger partial charge in [0.2, 0.25) is 5.95 Å². The Morgan fingerprint density at radius 1 is 0.972 bits per heavy atom. The van der Waals surface area contributed by atoms with Crippen molar-refractivity contribution in [3.8, 4) is 11.3 Å². The topological polar surface area (TPSA) is 75.0 Å². The SMILES string of the molecule is CN1CCN(c2ccc(Nc3ncc4ccc(-c5cccc(C(=O)OC(C)(C)C)c5)n4n3)cc2)CC1. The Bertz CT molecular complexity index is 1370. The van der Waals surface area contributed by atoms with Gasteiger partial charge in [-0.15, -0.1) is 5.10 Å². The van der Waals surface area contributed by atoms with E-state index in [1.165, 1.54) is 5.69 Å². The van der Waals surface area contributed by atoms with Crippen molar-refractivity contribution in [1.82, 2.24) is 19.5 Å². The molecule has 4 aromatic rings. The molecule has 0 amide bonds. The number of esters is 1. The van der Waals surface area contributed by atoms with Crippen molar-refractivity contribution < 1.29 is 9.53 Å². The second kappa shape index (κ2) is 9.62. The number of hydrogen-bond acceptors (Lipinski definition) is 7. The molecule has 1 saturated heterocycles. The molecule has 0 radical (unpaired) electrons. The minimum atomic E-state index is -0.550. The minimum Gasteiger partial charge on any atom is -0.456 e. The number of nitrogens with zero attached hydrogens (tertiary/aromatic N) is 5. The molecule has 3 heterocycles. The number of nitrogens with one attached hydrogen (secondary N) is 1. The van der Waals surface area contributed by atoms with Gasteiger partial charge in [-0.25, -0.2) is 14.3 Å². The molecule has 0 spiro atoms. The molecule has 2 aromatic heterocycles. The van der Waals surface area contributed by atoms with Crippen LogP contribution < -0.4 is 10.2 Å². The van der Waals surface area contributed by atoms with E-state index in [-0.39, 0.29) is 5.97 Å². The maximum atomic E-state index is 12.6. The standard InChI is InChI=1S/C28H32N6O2/c1-28(2,3)36-26(35)21-7-5-6-20(18-21)25-13-12-24-19-29-27(31-34(24)25)30-22-8-10-23(11-9-22)33-16-14-32(4)15-17-33/h5-13,18-19H,14-17H2,1-4H3,(H,30,31). The molecule has 1 N–H and O–H groups in total. The summed E-state index contributed by atoms with van der Waals surface area (Å²) in [5, 5.41) is 8.04. The summed E-state index contributed by atoms with van der Waals surface area (Å²) in [5.41, 5.74) is 4.71. The Morgan fingerprint density at radius 3 is 2.44 bits per heavy atom. The molecule has 8 nitrogen and oxygen atoms in total. The highest BCUT2D eigenvalue weighted by Gasteiger charge is 2.19. The lowest BCUT2D eigenvalue weighted by Gasteiger charge is -2.34. The number of ether oxygens (including phenoxy) is 1. The van der Waals surface area contributed by atoms with Crippen molar-refractivity contribution in [1.29, 1.82) is 0 Å². The maximum Gasteiger partial charge on any atom is 0.338 e. The second-order valence-electron chi connectivity index (χ2n) is 10.2. The Labute approximate surface area is 211 Å². The van der Waals surface area contributed by atoms with Gasteiger partial charge in [0, 0.05) is 43.1 Å². The van der Waals surface area contributed by atoms with Crippen LogP contribution in [-0.4, -0.2) is 64.3 Å². The highest BCUT2D eigenvalue weighted by molar-refractivity contribution is 5.91. The summed E-state index contributed by atoms with van der Waals surface area (Å²) < 4.78 is 7.37. The van der Waals surface area contributed by atoms with Gasteiger partial charge in [0.15, 0.2) is 0 Å². The van der Waals surface area contributed by atoms with E-state index in [4.69, 9.17) is 9.84 Å². The van der Waals surface area contributed by atoms with Gasteiger partial charge >= 0.3 is 5.97 Å². The lowest BCUT2D eigenvalue weighted by molar-refractivity contribution is 0.00695. The first-order valence-electron chi connectivity index (χ1n) is 12.2. The van der Waals surface area contributed by atoms with Gasteiger partial charge in [0.05, 0.1) is 23.0 Å². The summed E-state index contributed by atoms with van der Waals surface area (Å²) in [7, 11) is 2.16. The number of piperazine rings is 1. The number of benzene rings is 2. The zero-order chi connectivity index (χ0) is 25.3. The van der Waals surface area contributed by atoms with Gasteiger partial charge in [-0.3, -0.25) is 0 Å². The third-order valence-electron chi connectivity index (χ3n) is 6.18. The molecule has 8 heteroatoms. The van der Waals surface area contributed by atoms with Crippen molar-refractivity contribution in [2.45, 2.75) is 26.4 Å². The van der Waals surface area contributed by atoms with E-state index in [1.54, 1.807) is 12.3 Å². The van der Waals surface area contributed by atoms with E-state index in [9.17, 15) is 4.79 Å². The first-order valence-corrected chi connectivity index (χ1v) is 12.2. The minimum absolute atomic E-state index is 0.345. The first kappa shape index (κ1) is 23.8. The molecule has 2 aromatic carbocycles. The first-order chi connectivity index (χ1) is 17.2. The largest absolute Gasteiger partial charge is 0.456 e. The normalized spacial score (nSPS) is 14.7. The second-order valence-corrected chi connectivity index (χ2v) is 10.2. The molecule has 0 saturated carbocycles. The summed E-state index contributed by atoms with van der Waals surface area (Å²) >= 11 is 0. The molecule has 0 unspecified atom stereocenters. The summed E-state index contributed by atoms with van der Waals surface area (Å²) in [6, 6.07) is 19.7. The highest BCUT2D eigenvalue weighted by atomic mass is 16.6. The predicted molar refractivity (Wildman–Crippen MR) is 143 cm³/mol. The molecule has 1 fully saturated rings. The molecule has 36 heavy (non-hydrogen) atoms. The van der Waals surface area contributed by atoms with Crippen molar-refractivity contribution in [2.24, 2.45) is 0 Å².